The molecule has 0 saturated heterocycles. The maximum Gasteiger partial charge on any atom is 0.258 e. The number of amides is 1. The summed E-state index contributed by atoms with van der Waals surface area (Å²) in [5, 5.41) is 2.84. The minimum absolute atomic E-state index is 0.0103. The lowest BCUT2D eigenvalue weighted by molar-refractivity contribution is 0.102. The van der Waals surface area contributed by atoms with E-state index in [2.05, 4.69) is 10.3 Å². The largest absolute Gasteiger partial charge is 0.322 e. The Labute approximate surface area is 131 Å². The van der Waals surface area contributed by atoms with E-state index in [9.17, 15) is 13.2 Å². The first-order chi connectivity index (χ1) is 9.77. The Morgan fingerprint density at radius 1 is 1.24 bits per heavy atom. The minimum Gasteiger partial charge on any atom is -0.322 e. The van der Waals surface area contributed by atoms with E-state index in [4.69, 9.17) is 23.2 Å². The highest BCUT2D eigenvalue weighted by atomic mass is 35.5. The van der Waals surface area contributed by atoms with Crippen molar-refractivity contribution in [2.24, 2.45) is 0 Å². The number of nitrogens with zero attached hydrogens (tertiary/aromatic N) is 1. The Hall–Kier alpha value is -1.63. The van der Waals surface area contributed by atoms with Gasteiger partial charge in [-0.05, 0) is 24.3 Å². The summed E-state index contributed by atoms with van der Waals surface area (Å²) in [7, 11) is -3.35. The summed E-state index contributed by atoms with van der Waals surface area (Å²) in [6, 6.07) is 7.28. The van der Waals surface area contributed by atoms with Gasteiger partial charge < -0.3 is 5.32 Å². The molecule has 0 spiro atoms. The number of nitrogens with one attached hydrogen (secondary N) is 1. The van der Waals surface area contributed by atoms with Crippen molar-refractivity contribution in [1.29, 1.82) is 0 Å². The summed E-state index contributed by atoms with van der Waals surface area (Å²) in [4.78, 5) is 16.0. The fourth-order valence-electron chi connectivity index (χ4n) is 1.58. The van der Waals surface area contributed by atoms with E-state index in [0.717, 1.165) is 6.26 Å². The molecule has 2 aromatic rings. The number of halogens is 2. The quantitative estimate of drug-likeness (QED) is 0.868. The van der Waals surface area contributed by atoms with E-state index in [-0.39, 0.29) is 20.6 Å². The molecule has 110 valence electrons. The normalized spacial score (nSPS) is 11.2. The molecule has 1 amide bonds. The third-order valence-corrected chi connectivity index (χ3v) is 4.19. The van der Waals surface area contributed by atoms with Crippen molar-refractivity contribution in [2.45, 2.75) is 4.90 Å². The lowest BCUT2D eigenvalue weighted by atomic mass is 10.2. The Morgan fingerprint density at radius 3 is 2.62 bits per heavy atom. The van der Waals surface area contributed by atoms with Crippen LogP contribution in [0.15, 0.2) is 41.4 Å². The van der Waals surface area contributed by atoms with Gasteiger partial charge in [0.05, 0.1) is 15.5 Å². The predicted octanol–water partition coefficient (Wildman–Crippen LogP) is 3.04. The van der Waals surface area contributed by atoms with Crippen molar-refractivity contribution >= 4 is 44.6 Å². The third-order valence-electron chi connectivity index (χ3n) is 2.57. The van der Waals surface area contributed by atoms with Gasteiger partial charge in [0, 0.05) is 18.1 Å². The topological polar surface area (TPSA) is 76.1 Å². The number of hydrogen-bond donors (Lipinski definition) is 1. The molecule has 0 aliphatic heterocycles. The van der Waals surface area contributed by atoms with E-state index in [1.54, 1.807) is 6.07 Å². The molecule has 0 atom stereocenters. The first-order valence-electron chi connectivity index (χ1n) is 5.70. The minimum atomic E-state index is -3.35. The van der Waals surface area contributed by atoms with Gasteiger partial charge >= 0.3 is 0 Å². The van der Waals surface area contributed by atoms with E-state index < -0.39 is 15.7 Å². The second-order valence-electron chi connectivity index (χ2n) is 4.25. The molecule has 21 heavy (non-hydrogen) atoms. The SMILES string of the molecule is CS(=O)(=O)c1cccc(NC(=O)c2cc(Cl)cnc2Cl)c1. The molecule has 5 nitrogen and oxygen atoms in total. The van der Waals surface area contributed by atoms with Crippen LogP contribution in [0.2, 0.25) is 10.2 Å². The molecule has 8 heteroatoms. The van der Waals surface area contributed by atoms with Gasteiger partial charge in [-0.3, -0.25) is 4.79 Å². The van der Waals surface area contributed by atoms with Crippen molar-refractivity contribution in [3.8, 4) is 0 Å². The van der Waals surface area contributed by atoms with Crippen LogP contribution >= 0.6 is 23.2 Å². The standard InChI is InChI=1S/C13H10Cl2N2O3S/c1-21(19,20)10-4-2-3-9(6-10)17-13(18)11-5-8(14)7-16-12(11)15/h2-7H,1H3,(H,17,18). The number of carbonyl (C=O) groups is 1. The molecule has 0 saturated carbocycles. The van der Waals surface area contributed by atoms with Gasteiger partial charge in [0.15, 0.2) is 9.84 Å². The average Bonchev–Trinajstić information content (AvgIpc) is 2.41. The number of rotatable bonds is 3. The van der Waals surface area contributed by atoms with Crippen LogP contribution in [0.5, 0.6) is 0 Å². The van der Waals surface area contributed by atoms with Gasteiger partial charge in [0.1, 0.15) is 5.15 Å². The van der Waals surface area contributed by atoms with Gasteiger partial charge in [0.2, 0.25) is 0 Å². The maximum absolute atomic E-state index is 12.1. The fourth-order valence-corrected chi connectivity index (χ4v) is 2.60. The molecule has 0 aliphatic carbocycles. The number of pyridine rings is 1. The first-order valence-corrected chi connectivity index (χ1v) is 8.34. The number of anilines is 1. The second kappa shape index (κ2) is 6.01. The van der Waals surface area contributed by atoms with E-state index in [0.29, 0.717) is 5.69 Å². The van der Waals surface area contributed by atoms with Crippen molar-refractivity contribution in [2.75, 3.05) is 11.6 Å². The van der Waals surface area contributed by atoms with E-state index >= 15 is 0 Å². The van der Waals surface area contributed by atoms with Gasteiger partial charge in [0.25, 0.3) is 5.91 Å². The number of hydrogen-bond acceptors (Lipinski definition) is 4. The van der Waals surface area contributed by atoms with Crippen LogP contribution in [0.1, 0.15) is 10.4 Å². The molecule has 0 unspecified atom stereocenters. The molecule has 0 radical (unpaired) electrons. The summed E-state index contributed by atoms with van der Waals surface area (Å²) >= 11 is 11.6. The number of carbonyl (C=O) groups excluding carboxylic acids is 1. The molecule has 1 N–H and O–H groups in total. The van der Waals surface area contributed by atoms with Crippen LogP contribution in [0.25, 0.3) is 0 Å². The van der Waals surface area contributed by atoms with Gasteiger partial charge in [-0.2, -0.15) is 0 Å². The predicted molar refractivity (Wildman–Crippen MR) is 81.8 cm³/mol. The summed E-state index contributed by atoms with van der Waals surface area (Å²) in [6.07, 6.45) is 2.41. The van der Waals surface area contributed by atoms with Gasteiger partial charge in [-0.15, -0.1) is 0 Å². The van der Waals surface area contributed by atoms with Crippen LogP contribution in [-0.4, -0.2) is 25.6 Å². The third kappa shape index (κ3) is 3.93. The first kappa shape index (κ1) is 15.8. The van der Waals surface area contributed by atoms with Crippen LogP contribution < -0.4 is 5.32 Å². The van der Waals surface area contributed by atoms with Crippen molar-refractivity contribution < 1.29 is 13.2 Å². The van der Waals surface area contributed by atoms with E-state index in [1.807, 2.05) is 0 Å². The molecule has 1 heterocycles. The Kier molecular flexibility index (Phi) is 4.51. The molecule has 0 fully saturated rings. The monoisotopic (exact) mass is 344 g/mol. The lowest BCUT2D eigenvalue weighted by Crippen LogP contribution is -2.13. The highest BCUT2D eigenvalue weighted by Crippen LogP contribution is 2.20. The molecule has 0 bridgehead atoms. The Balaban J connectivity index is 2.30. The second-order valence-corrected chi connectivity index (χ2v) is 7.06. The maximum atomic E-state index is 12.1. The Bertz CT molecular complexity index is 807. The average molecular weight is 345 g/mol. The molecule has 1 aromatic carbocycles. The van der Waals surface area contributed by atoms with Crippen molar-refractivity contribution in [3.05, 3.63) is 52.3 Å². The van der Waals surface area contributed by atoms with Crippen LogP contribution in [0, 0.1) is 0 Å². The van der Waals surface area contributed by atoms with E-state index in [1.165, 1.54) is 30.5 Å². The summed E-state index contributed by atoms with van der Waals surface area (Å²) in [6.45, 7) is 0. The molecular formula is C13H10Cl2N2O3S. The molecule has 2 rings (SSSR count). The van der Waals surface area contributed by atoms with Crippen molar-refractivity contribution in [1.82, 2.24) is 4.98 Å². The zero-order chi connectivity index (χ0) is 15.6. The van der Waals surface area contributed by atoms with Gasteiger partial charge in [-0.1, -0.05) is 29.3 Å². The highest BCUT2D eigenvalue weighted by Gasteiger charge is 2.14. The van der Waals surface area contributed by atoms with Crippen LogP contribution in [0.3, 0.4) is 0 Å². The fraction of sp³-hybridized carbons (Fsp3) is 0.0769. The summed E-state index contributed by atoms with van der Waals surface area (Å²) in [5.74, 6) is -0.527. The zero-order valence-corrected chi connectivity index (χ0v) is 13.1. The molecule has 0 aliphatic rings. The lowest BCUT2D eigenvalue weighted by Gasteiger charge is -2.08. The van der Waals surface area contributed by atoms with Crippen LogP contribution in [0.4, 0.5) is 5.69 Å². The zero-order valence-electron chi connectivity index (χ0n) is 10.8. The Morgan fingerprint density at radius 2 is 1.95 bits per heavy atom. The van der Waals surface area contributed by atoms with Gasteiger partial charge in [-0.25, -0.2) is 13.4 Å². The molecule has 1 aromatic heterocycles. The number of sulfone groups is 1. The summed E-state index contributed by atoms with van der Waals surface area (Å²) < 4.78 is 23.0. The summed E-state index contributed by atoms with van der Waals surface area (Å²) in [5.41, 5.74) is 0.438. The number of benzene rings is 1. The highest BCUT2D eigenvalue weighted by molar-refractivity contribution is 7.90. The number of aromatic nitrogens is 1. The van der Waals surface area contributed by atoms with Crippen molar-refractivity contribution in [3.63, 3.8) is 0 Å². The molecular weight excluding hydrogens is 335 g/mol. The van der Waals surface area contributed by atoms with Crippen LogP contribution in [-0.2, 0) is 9.84 Å². The smallest absolute Gasteiger partial charge is 0.258 e.